The van der Waals surface area contributed by atoms with Crippen LogP contribution >= 0.6 is 0 Å². The van der Waals surface area contributed by atoms with Gasteiger partial charge in [-0.25, -0.2) is 13.6 Å². The second-order valence-electron chi connectivity index (χ2n) is 6.54. The number of aromatic nitrogens is 1. The highest BCUT2D eigenvalue weighted by atomic mass is 32.2. The van der Waals surface area contributed by atoms with E-state index in [-0.39, 0.29) is 10.8 Å². The number of hydrogen-bond acceptors (Lipinski definition) is 4. The third kappa shape index (κ3) is 3.63. The Hall–Kier alpha value is -3.49. The minimum atomic E-state index is -3.75. The number of amides is 1. The number of nitrogens with two attached hydrogens (primary N) is 1. The van der Waals surface area contributed by atoms with E-state index in [4.69, 9.17) is 5.14 Å². The van der Waals surface area contributed by atoms with Gasteiger partial charge in [0.15, 0.2) is 0 Å². The van der Waals surface area contributed by atoms with Gasteiger partial charge >= 0.3 is 0 Å². The van der Waals surface area contributed by atoms with Crippen molar-refractivity contribution in [3.8, 4) is 5.69 Å². The number of primary sulfonamides is 1. The lowest BCUT2D eigenvalue weighted by atomic mass is 10.1. The van der Waals surface area contributed by atoms with Crippen LogP contribution in [0.2, 0.25) is 0 Å². The molecule has 0 spiro atoms. The highest BCUT2D eigenvalue weighted by molar-refractivity contribution is 7.89. The Morgan fingerprint density at radius 2 is 1.62 bits per heavy atom. The normalized spacial score (nSPS) is 15.8. The molecule has 2 heterocycles. The molecule has 0 fully saturated rings. The van der Waals surface area contributed by atoms with Gasteiger partial charge < -0.3 is 4.57 Å². The van der Waals surface area contributed by atoms with Gasteiger partial charge in [-0.2, -0.15) is 10.1 Å². The number of rotatable bonds is 4. The van der Waals surface area contributed by atoms with E-state index < -0.39 is 10.0 Å². The van der Waals surface area contributed by atoms with E-state index in [9.17, 15) is 13.2 Å². The van der Waals surface area contributed by atoms with Crippen molar-refractivity contribution in [1.82, 2.24) is 4.57 Å². The summed E-state index contributed by atoms with van der Waals surface area (Å²) in [7, 11) is -3.75. The number of carbonyl (C=O) groups excluding carboxylic acids is 1. The zero-order valence-corrected chi connectivity index (χ0v) is 16.4. The van der Waals surface area contributed by atoms with Crippen LogP contribution in [0, 0.1) is 0 Å². The molecule has 2 N–H and O–H groups in total. The van der Waals surface area contributed by atoms with Gasteiger partial charge in [-0.1, -0.05) is 18.2 Å². The Balaban J connectivity index is 1.68. The van der Waals surface area contributed by atoms with E-state index in [1.807, 2.05) is 53.2 Å². The fraction of sp³-hybridized carbons (Fsp3) is 0.0476. The Morgan fingerprint density at radius 1 is 0.931 bits per heavy atom. The lowest BCUT2D eigenvalue weighted by Crippen LogP contribution is -2.21. The number of benzene rings is 2. The van der Waals surface area contributed by atoms with Crippen molar-refractivity contribution in [2.45, 2.75) is 11.8 Å². The van der Waals surface area contributed by atoms with Crippen LogP contribution in [-0.4, -0.2) is 24.6 Å². The molecule has 0 atom stereocenters. The molecule has 0 saturated carbocycles. The van der Waals surface area contributed by atoms with E-state index >= 15 is 0 Å². The van der Waals surface area contributed by atoms with Gasteiger partial charge in [0.05, 0.1) is 21.9 Å². The van der Waals surface area contributed by atoms with Crippen LogP contribution in [0.5, 0.6) is 0 Å². The van der Waals surface area contributed by atoms with Crippen molar-refractivity contribution in [3.05, 3.63) is 84.2 Å². The van der Waals surface area contributed by atoms with Gasteiger partial charge in [0.25, 0.3) is 5.91 Å². The molecule has 0 unspecified atom stereocenters. The molecule has 7 nitrogen and oxygen atoms in total. The summed E-state index contributed by atoms with van der Waals surface area (Å²) in [6.07, 6.45) is 3.61. The molecular weight excluding hydrogens is 388 g/mol. The van der Waals surface area contributed by atoms with E-state index in [1.54, 1.807) is 25.1 Å². The van der Waals surface area contributed by atoms with Crippen molar-refractivity contribution in [2.75, 3.05) is 5.01 Å². The van der Waals surface area contributed by atoms with Crippen molar-refractivity contribution < 1.29 is 13.2 Å². The molecular formula is C21H18N4O3S. The highest BCUT2D eigenvalue weighted by Gasteiger charge is 2.28. The molecule has 0 bridgehead atoms. The van der Waals surface area contributed by atoms with Gasteiger partial charge in [0.2, 0.25) is 10.0 Å². The molecule has 1 aliphatic rings. The number of hydrazone groups is 1. The Kier molecular flexibility index (Phi) is 4.65. The number of para-hydroxylation sites is 1. The standard InChI is InChI=1S/C21H18N4O3S/c1-15-20(21(26)25(23-15)17-6-3-2-4-7-17)14-18-8-5-13-24(18)16-9-11-19(12-10-16)29(22,27)28/h2-14H,1H3,(H2,22,27,28)/b20-14-. The topological polar surface area (TPSA) is 97.8 Å². The van der Waals surface area contributed by atoms with Crippen LogP contribution < -0.4 is 10.1 Å². The van der Waals surface area contributed by atoms with Crippen molar-refractivity contribution in [1.29, 1.82) is 0 Å². The van der Waals surface area contributed by atoms with Gasteiger partial charge in [-0.05, 0) is 61.5 Å². The fourth-order valence-electron chi connectivity index (χ4n) is 3.12. The smallest absolute Gasteiger partial charge is 0.280 e. The average Bonchev–Trinajstić information content (AvgIpc) is 3.28. The first-order valence-corrected chi connectivity index (χ1v) is 10.4. The summed E-state index contributed by atoms with van der Waals surface area (Å²) in [6, 6.07) is 19.2. The third-order valence-electron chi connectivity index (χ3n) is 4.58. The highest BCUT2D eigenvalue weighted by Crippen LogP contribution is 2.25. The summed E-state index contributed by atoms with van der Waals surface area (Å²) < 4.78 is 24.8. The van der Waals surface area contributed by atoms with Crippen molar-refractivity contribution in [3.63, 3.8) is 0 Å². The predicted molar refractivity (Wildman–Crippen MR) is 112 cm³/mol. The largest absolute Gasteiger partial charge is 0.317 e. The molecule has 1 aliphatic heterocycles. The first-order valence-electron chi connectivity index (χ1n) is 8.82. The number of anilines is 1. The number of nitrogens with zero attached hydrogens (tertiary/aromatic N) is 3. The molecule has 1 amide bonds. The molecule has 4 rings (SSSR count). The quantitative estimate of drug-likeness (QED) is 0.675. The molecule has 3 aromatic rings. The van der Waals surface area contributed by atoms with Crippen LogP contribution in [0.15, 0.2) is 88.5 Å². The Labute approximate surface area is 168 Å². The maximum Gasteiger partial charge on any atom is 0.280 e. The Bertz CT molecular complexity index is 1240. The molecule has 2 aromatic carbocycles. The summed E-state index contributed by atoms with van der Waals surface area (Å²) >= 11 is 0. The minimum Gasteiger partial charge on any atom is -0.317 e. The molecule has 0 radical (unpaired) electrons. The second kappa shape index (κ2) is 7.16. The molecule has 0 saturated heterocycles. The van der Waals surface area contributed by atoms with Crippen LogP contribution in [-0.2, 0) is 14.8 Å². The molecule has 0 aliphatic carbocycles. The summed E-state index contributed by atoms with van der Waals surface area (Å²) in [5.41, 5.74) is 3.33. The predicted octanol–water partition coefficient (Wildman–Crippen LogP) is 2.93. The van der Waals surface area contributed by atoms with Gasteiger partial charge in [-0.3, -0.25) is 4.79 Å². The zero-order valence-electron chi connectivity index (χ0n) is 15.6. The molecule has 29 heavy (non-hydrogen) atoms. The van der Waals surface area contributed by atoms with Crippen LogP contribution in [0.3, 0.4) is 0 Å². The summed E-state index contributed by atoms with van der Waals surface area (Å²) in [5, 5.41) is 10.9. The lowest BCUT2D eigenvalue weighted by molar-refractivity contribution is -0.114. The fourth-order valence-corrected chi connectivity index (χ4v) is 3.64. The summed E-state index contributed by atoms with van der Waals surface area (Å²) in [6.45, 7) is 1.79. The van der Waals surface area contributed by atoms with Crippen LogP contribution in [0.4, 0.5) is 5.69 Å². The maximum atomic E-state index is 12.9. The van der Waals surface area contributed by atoms with Gasteiger partial charge in [0, 0.05) is 17.6 Å². The van der Waals surface area contributed by atoms with Crippen molar-refractivity contribution >= 4 is 33.4 Å². The van der Waals surface area contributed by atoms with Crippen LogP contribution in [0.1, 0.15) is 12.6 Å². The summed E-state index contributed by atoms with van der Waals surface area (Å²) in [5.74, 6) is -0.203. The first kappa shape index (κ1) is 18.9. The first-order chi connectivity index (χ1) is 13.8. The van der Waals surface area contributed by atoms with Crippen molar-refractivity contribution in [2.24, 2.45) is 10.2 Å². The lowest BCUT2D eigenvalue weighted by Gasteiger charge is -2.11. The van der Waals surface area contributed by atoms with Gasteiger partial charge in [-0.15, -0.1) is 0 Å². The second-order valence-corrected chi connectivity index (χ2v) is 8.10. The van der Waals surface area contributed by atoms with E-state index in [2.05, 4.69) is 5.10 Å². The molecule has 8 heteroatoms. The number of hydrogen-bond donors (Lipinski definition) is 1. The van der Waals surface area contributed by atoms with E-state index in [0.717, 1.165) is 11.4 Å². The molecule has 146 valence electrons. The number of carbonyl (C=O) groups is 1. The average molecular weight is 406 g/mol. The Morgan fingerprint density at radius 3 is 2.28 bits per heavy atom. The minimum absolute atomic E-state index is 0.0424. The summed E-state index contributed by atoms with van der Waals surface area (Å²) in [4.78, 5) is 12.9. The SMILES string of the molecule is CC1=NN(c2ccccc2)C(=O)/C1=C\c1cccn1-c1ccc(S(N)(=O)=O)cc1. The van der Waals surface area contributed by atoms with Gasteiger partial charge in [0.1, 0.15) is 0 Å². The molecule has 1 aromatic heterocycles. The third-order valence-corrected chi connectivity index (χ3v) is 5.51. The zero-order chi connectivity index (χ0) is 20.6. The monoisotopic (exact) mass is 406 g/mol. The number of sulfonamides is 1. The maximum absolute atomic E-state index is 12.9. The van der Waals surface area contributed by atoms with E-state index in [1.165, 1.54) is 17.1 Å². The van der Waals surface area contributed by atoms with Crippen LogP contribution in [0.25, 0.3) is 11.8 Å². The van der Waals surface area contributed by atoms with E-state index in [0.29, 0.717) is 17.0 Å².